The lowest BCUT2D eigenvalue weighted by Crippen LogP contribution is -2.32. The van der Waals surface area contributed by atoms with Crippen molar-refractivity contribution >= 4 is 11.8 Å². The molecule has 0 spiro atoms. The van der Waals surface area contributed by atoms with Crippen LogP contribution in [-0.4, -0.2) is 40.6 Å². The predicted octanol–water partition coefficient (Wildman–Crippen LogP) is 3.61. The number of alkyl halides is 3. The summed E-state index contributed by atoms with van der Waals surface area (Å²) in [5.41, 5.74) is 2.77. The number of ether oxygens (including phenoxy) is 1. The third-order valence-electron chi connectivity index (χ3n) is 5.12. The first-order chi connectivity index (χ1) is 13.8. The van der Waals surface area contributed by atoms with Crippen molar-refractivity contribution in [3.8, 4) is 5.75 Å². The van der Waals surface area contributed by atoms with Crippen LogP contribution in [0.25, 0.3) is 0 Å². The third kappa shape index (κ3) is 4.90. The molecule has 1 fully saturated rings. The third-order valence-corrected chi connectivity index (χ3v) is 5.12. The maximum absolute atomic E-state index is 12.5. The van der Waals surface area contributed by atoms with Crippen molar-refractivity contribution in [2.45, 2.75) is 51.1 Å². The monoisotopic (exact) mass is 408 g/mol. The van der Waals surface area contributed by atoms with Crippen LogP contribution in [-0.2, 0) is 13.0 Å². The minimum atomic E-state index is -4.71. The molecule has 1 aliphatic heterocycles. The lowest BCUT2D eigenvalue weighted by Gasteiger charge is -2.30. The second-order valence-corrected chi connectivity index (χ2v) is 7.63. The van der Waals surface area contributed by atoms with Gasteiger partial charge in [-0.3, -0.25) is 0 Å². The Bertz CT molecular complexity index is 887. The largest absolute Gasteiger partial charge is 0.573 e. The van der Waals surface area contributed by atoms with E-state index in [4.69, 9.17) is 0 Å². The number of aromatic nitrogens is 2. The second kappa shape index (κ2) is 7.70. The fourth-order valence-electron chi connectivity index (χ4n) is 3.46. The Morgan fingerprint density at radius 1 is 1.24 bits per heavy atom. The zero-order valence-corrected chi connectivity index (χ0v) is 16.0. The number of hydrogen-bond donors (Lipinski definition) is 2. The fourth-order valence-corrected chi connectivity index (χ4v) is 3.46. The highest BCUT2D eigenvalue weighted by molar-refractivity contribution is 5.50. The molecule has 1 aromatic heterocycles. The van der Waals surface area contributed by atoms with Gasteiger partial charge in [0.05, 0.1) is 12.3 Å². The molecule has 0 bridgehead atoms. The Hall–Kier alpha value is -2.55. The van der Waals surface area contributed by atoms with E-state index in [0.29, 0.717) is 31.4 Å². The fraction of sp³-hybridized carbons (Fsp3) is 0.500. The Kier molecular flexibility index (Phi) is 5.24. The number of rotatable bonds is 6. The number of nitrogens with zero attached hydrogens (tertiary/aromatic N) is 3. The molecule has 0 amide bonds. The molecular weight excluding hydrogens is 385 g/mol. The smallest absolute Gasteiger partial charge is 0.406 e. The molecule has 1 aromatic carbocycles. The van der Waals surface area contributed by atoms with Crippen molar-refractivity contribution in [2.75, 3.05) is 23.4 Å². The highest BCUT2D eigenvalue weighted by Crippen LogP contribution is 2.40. The van der Waals surface area contributed by atoms with Gasteiger partial charge >= 0.3 is 6.36 Å². The minimum absolute atomic E-state index is 0.0363. The first-order valence-corrected chi connectivity index (χ1v) is 9.69. The maximum Gasteiger partial charge on any atom is 0.573 e. The number of aliphatic hydroxyl groups excluding tert-OH is 1. The molecule has 0 unspecified atom stereocenters. The highest BCUT2D eigenvalue weighted by Gasteiger charge is 2.32. The molecule has 156 valence electrons. The minimum Gasteiger partial charge on any atom is -0.406 e. The van der Waals surface area contributed by atoms with Crippen LogP contribution in [0.1, 0.15) is 42.5 Å². The summed E-state index contributed by atoms with van der Waals surface area (Å²) in [5.74, 6) is 1.41. The van der Waals surface area contributed by atoms with Crippen molar-refractivity contribution in [3.05, 3.63) is 41.1 Å². The normalized spacial score (nSPS) is 17.6. The van der Waals surface area contributed by atoms with Gasteiger partial charge in [-0.2, -0.15) is 4.98 Å². The molecule has 1 aliphatic carbocycles. The van der Waals surface area contributed by atoms with Crippen molar-refractivity contribution < 1.29 is 23.0 Å². The first-order valence-electron chi connectivity index (χ1n) is 9.69. The van der Waals surface area contributed by atoms with Crippen LogP contribution >= 0.6 is 0 Å². The van der Waals surface area contributed by atoms with Crippen LogP contribution in [0.3, 0.4) is 0 Å². The number of aliphatic hydroxyl groups is 1. The quantitative estimate of drug-likeness (QED) is 0.761. The van der Waals surface area contributed by atoms with Crippen LogP contribution in [0.5, 0.6) is 5.75 Å². The molecule has 1 saturated carbocycles. The lowest BCUT2D eigenvalue weighted by molar-refractivity contribution is -0.274. The van der Waals surface area contributed by atoms with Crippen LogP contribution < -0.4 is 15.0 Å². The summed E-state index contributed by atoms with van der Waals surface area (Å²) >= 11 is 0. The molecule has 4 rings (SSSR count). The summed E-state index contributed by atoms with van der Waals surface area (Å²) in [6.45, 7) is 2.96. The van der Waals surface area contributed by atoms with Gasteiger partial charge in [0.15, 0.2) is 0 Å². The zero-order valence-electron chi connectivity index (χ0n) is 16.0. The van der Waals surface area contributed by atoms with E-state index in [9.17, 15) is 18.3 Å². The van der Waals surface area contributed by atoms with E-state index in [1.807, 2.05) is 17.9 Å². The van der Waals surface area contributed by atoms with Gasteiger partial charge in [-0.1, -0.05) is 6.07 Å². The number of nitrogens with one attached hydrogen (secondary N) is 1. The maximum atomic E-state index is 12.5. The van der Waals surface area contributed by atoms with E-state index in [1.165, 1.54) is 12.1 Å². The first kappa shape index (κ1) is 19.8. The summed E-state index contributed by atoms with van der Waals surface area (Å²) in [6.07, 6.45) is -1.82. The average Bonchev–Trinajstić information content (AvgIpc) is 3.51. The van der Waals surface area contributed by atoms with Gasteiger partial charge in [0.2, 0.25) is 5.95 Å². The van der Waals surface area contributed by atoms with Crippen LogP contribution in [0.2, 0.25) is 0 Å². The summed E-state index contributed by atoms with van der Waals surface area (Å²) < 4.78 is 41.7. The van der Waals surface area contributed by atoms with E-state index in [-0.39, 0.29) is 18.4 Å². The summed E-state index contributed by atoms with van der Waals surface area (Å²) in [4.78, 5) is 11.2. The zero-order chi connectivity index (χ0) is 20.6. The van der Waals surface area contributed by atoms with Crippen LogP contribution in [0.15, 0.2) is 24.3 Å². The predicted molar refractivity (Wildman–Crippen MR) is 102 cm³/mol. The van der Waals surface area contributed by atoms with Gasteiger partial charge < -0.3 is 20.1 Å². The van der Waals surface area contributed by atoms with E-state index in [0.717, 1.165) is 35.5 Å². The van der Waals surface area contributed by atoms with Crippen LogP contribution in [0.4, 0.5) is 24.9 Å². The Morgan fingerprint density at radius 2 is 2.03 bits per heavy atom. The summed E-state index contributed by atoms with van der Waals surface area (Å²) in [6, 6.07) is 6.29. The summed E-state index contributed by atoms with van der Waals surface area (Å²) in [5, 5.41) is 12.4. The Labute approximate surface area is 166 Å². The van der Waals surface area contributed by atoms with E-state index in [2.05, 4.69) is 20.0 Å². The molecule has 0 saturated heterocycles. The highest BCUT2D eigenvalue weighted by atomic mass is 19.4. The Morgan fingerprint density at radius 3 is 2.72 bits per heavy atom. The molecule has 29 heavy (non-hydrogen) atoms. The van der Waals surface area contributed by atoms with E-state index in [1.54, 1.807) is 6.07 Å². The molecule has 2 aromatic rings. The molecule has 1 atom stereocenters. The number of halogens is 3. The van der Waals surface area contributed by atoms with Gasteiger partial charge in [-0.25, -0.2) is 4.98 Å². The SMILES string of the molecule is C[C@@H](CO)Nc1nc(C2CC2)cc(N2CCc3ccc(OC(F)(F)F)cc3C2)n1. The topological polar surface area (TPSA) is 70.5 Å². The number of fused-ring (bicyclic) bond motifs is 1. The van der Waals surface area contributed by atoms with Crippen LogP contribution in [0, 0.1) is 0 Å². The molecule has 0 radical (unpaired) electrons. The molecule has 6 nitrogen and oxygen atoms in total. The molecule has 2 heterocycles. The molecule has 9 heteroatoms. The second-order valence-electron chi connectivity index (χ2n) is 7.63. The van der Waals surface area contributed by atoms with Crippen molar-refractivity contribution in [1.29, 1.82) is 0 Å². The van der Waals surface area contributed by atoms with Crippen molar-refractivity contribution in [3.63, 3.8) is 0 Å². The number of anilines is 2. The van der Waals surface area contributed by atoms with Crippen molar-refractivity contribution in [2.24, 2.45) is 0 Å². The van der Waals surface area contributed by atoms with Crippen molar-refractivity contribution in [1.82, 2.24) is 9.97 Å². The van der Waals surface area contributed by atoms with E-state index < -0.39 is 6.36 Å². The molecular formula is C20H23F3N4O2. The number of hydrogen-bond acceptors (Lipinski definition) is 6. The Balaban J connectivity index is 1.58. The number of benzene rings is 1. The molecule has 2 N–H and O–H groups in total. The van der Waals surface area contributed by atoms with Gasteiger partial charge in [-0.05, 0) is 49.4 Å². The van der Waals surface area contributed by atoms with Gasteiger partial charge in [-0.15, -0.1) is 13.2 Å². The average molecular weight is 408 g/mol. The van der Waals surface area contributed by atoms with Gasteiger partial charge in [0.1, 0.15) is 11.6 Å². The summed E-state index contributed by atoms with van der Waals surface area (Å²) in [7, 11) is 0. The standard InChI is InChI=1S/C20H23F3N4O2/c1-12(11-28)24-19-25-17(14-2-3-14)9-18(26-19)27-7-6-13-4-5-16(8-15(13)10-27)29-20(21,22)23/h4-5,8-9,12,14,28H,2-3,6-7,10-11H2,1H3,(H,24,25,26)/t12-/m0/s1. The lowest BCUT2D eigenvalue weighted by atomic mass is 9.99. The van der Waals surface area contributed by atoms with Gasteiger partial charge in [0, 0.05) is 31.1 Å². The van der Waals surface area contributed by atoms with Gasteiger partial charge in [0.25, 0.3) is 0 Å². The molecule has 2 aliphatic rings. The van der Waals surface area contributed by atoms with E-state index >= 15 is 0 Å².